The Morgan fingerprint density at radius 3 is 2.71 bits per heavy atom. The highest BCUT2D eigenvalue weighted by Gasteiger charge is 2.44. The van der Waals surface area contributed by atoms with Crippen LogP contribution in [0.25, 0.3) is 0 Å². The Balaban J connectivity index is 1.79. The number of phenolic OH excluding ortho intramolecular Hbond substituents is 1. The van der Waals surface area contributed by atoms with E-state index in [2.05, 4.69) is 10.6 Å². The zero-order valence-corrected chi connectivity index (χ0v) is 15.6. The van der Waals surface area contributed by atoms with Crippen LogP contribution >= 0.6 is 0 Å². The predicted octanol–water partition coefficient (Wildman–Crippen LogP) is 1.47. The first kappa shape index (κ1) is 19.8. The van der Waals surface area contributed by atoms with E-state index in [4.69, 9.17) is 10.00 Å². The quantitative estimate of drug-likeness (QED) is 0.624. The molecule has 0 spiro atoms. The number of benzene rings is 2. The molecule has 0 saturated carbocycles. The molecular formula is C21H23N3O4. The van der Waals surface area contributed by atoms with Crippen LogP contribution in [0.15, 0.2) is 42.5 Å². The summed E-state index contributed by atoms with van der Waals surface area (Å²) in [5.41, 5.74) is 1.32. The van der Waals surface area contributed by atoms with Crippen LogP contribution < -0.4 is 10.6 Å². The predicted molar refractivity (Wildman–Crippen MR) is 104 cm³/mol. The summed E-state index contributed by atoms with van der Waals surface area (Å²) >= 11 is 0. The van der Waals surface area contributed by atoms with E-state index >= 15 is 0 Å². The summed E-state index contributed by atoms with van der Waals surface area (Å²) in [5, 5.41) is 35.5. The maximum Gasteiger partial charge on any atom is 0.256 e. The summed E-state index contributed by atoms with van der Waals surface area (Å²) < 4.78 is 5.90. The van der Waals surface area contributed by atoms with Gasteiger partial charge in [-0.15, -0.1) is 0 Å². The first-order chi connectivity index (χ1) is 13.4. The number of morpholine rings is 1. The number of phenols is 1. The normalized spacial score (nSPS) is 20.2. The van der Waals surface area contributed by atoms with Gasteiger partial charge in [0.15, 0.2) is 6.10 Å². The lowest BCUT2D eigenvalue weighted by Crippen LogP contribution is -2.61. The molecule has 1 fully saturated rings. The number of carbonyl (C=O) groups excluding carboxylic acids is 1. The van der Waals surface area contributed by atoms with Gasteiger partial charge in [0.25, 0.3) is 5.91 Å². The minimum Gasteiger partial charge on any atom is -0.508 e. The molecule has 0 aliphatic carbocycles. The fourth-order valence-corrected chi connectivity index (χ4v) is 3.25. The van der Waals surface area contributed by atoms with Gasteiger partial charge in [-0.2, -0.15) is 5.26 Å². The molecule has 0 unspecified atom stereocenters. The number of nitriles is 1. The van der Waals surface area contributed by atoms with E-state index in [1.807, 2.05) is 12.1 Å². The summed E-state index contributed by atoms with van der Waals surface area (Å²) in [6.07, 6.45) is -1.17. The van der Waals surface area contributed by atoms with E-state index in [0.29, 0.717) is 30.9 Å². The Morgan fingerprint density at radius 2 is 2.11 bits per heavy atom. The second kappa shape index (κ2) is 8.40. The lowest BCUT2D eigenvalue weighted by Gasteiger charge is -2.40. The van der Waals surface area contributed by atoms with Gasteiger partial charge in [-0.3, -0.25) is 4.79 Å². The first-order valence-corrected chi connectivity index (χ1v) is 9.06. The van der Waals surface area contributed by atoms with Gasteiger partial charge in [-0.1, -0.05) is 12.1 Å². The maximum atomic E-state index is 12.7. The number of ether oxygens (including phenoxy) is 1. The molecule has 4 N–H and O–H groups in total. The van der Waals surface area contributed by atoms with Crippen molar-refractivity contribution in [2.45, 2.75) is 25.0 Å². The molecular weight excluding hydrogens is 358 g/mol. The number of hydrogen-bond acceptors (Lipinski definition) is 6. The molecule has 1 saturated heterocycles. The van der Waals surface area contributed by atoms with E-state index in [1.54, 1.807) is 43.3 Å². The molecule has 0 aromatic heterocycles. The first-order valence-electron chi connectivity index (χ1n) is 9.06. The average molecular weight is 381 g/mol. The molecule has 3 rings (SSSR count). The topological polar surface area (TPSA) is 115 Å². The van der Waals surface area contributed by atoms with Crippen molar-refractivity contribution in [1.29, 1.82) is 5.26 Å². The molecule has 7 heteroatoms. The standard InChI is InChI=1S/C21H23N3O4/c1-14-2-3-16(10-18(14)25)11-21(13-23-8-9-28-21)19(26)20(27)24-17-6-4-15(12-22)5-7-17/h2-7,10,19,23,25-26H,8-9,11,13H2,1H3,(H,24,27)/t19-,21+/m0/s1. The Labute approximate surface area is 163 Å². The van der Waals surface area contributed by atoms with Crippen LogP contribution in [0.5, 0.6) is 5.75 Å². The van der Waals surface area contributed by atoms with Crippen LogP contribution in [0, 0.1) is 18.3 Å². The molecule has 7 nitrogen and oxygen atoms in total. The minimum absolute atomic E-state index is 0.160. The van der Waals surface area contributed by atoms with Crippen molar-refractivity contribution in [2.24, 2.45) is 0 Å². The number of rotatable bonds is 5. The number of anilines is 1. The van der Waals surface area contributed by atoms with Gasteiger partial charge >= 0.3 is 0 Å². The average Bonchev–Trinajstić information content (AvgIpc) is 2.71. The van der Waals surface area contributed by atoms with Crippen molar-refractivity contribution in [3.8, 4) is 11.8 Å². The summed E-state index contributed by atoms with van der Waals surface area (Å²) in [5.74, 6) is -0.433. The van der Waals surface area contributed by atoms with E-state index in [0.717, 1.165) is 11.1 Å². The summed E-state index contributed by atoms with van der Waals surface area (Å²) in [4.78, 5) is 12.7. The van der Waals surface area contributed by atoms with Crippen LogP contribution in [-0.4, -0.2) is 47.5 Å². The lowest BCUT2D eigenvalue weighted by atomic mass is 9.86. The number of aliphatic hydroxyl groups is 1. The van der Waals surface area contributed by atoms with Crippen LogP contribution in [0.2, 0.25) is 0 Å². The van der Waals surface area contributed by atoms with E-state index < -0.39 is 17.6 Å². The van der Waals surface area contributed by atoms with Gasteiger partial charge in [0.1, 0.15) is 11.4 Å². The number of aryl methyl sites for hydroxylation is 1. The molecule has 2 aromatic carbocycles. The van der Waals surface area contributed by atoms with Crippen molar-refractivity contribution in [2.75, 3.05) is 25.0 Å². The highest BCUT2D eigenvalue weighted by atomic mass is 16.5. The molecule has 0 radical (unpaired) electrons. The van der Waals surface area contributed by atoms with Gasteiger partial charge in [0.05, 0.1) is 18.2 Å². The number of amides is 1. The second-order valence-corrected chi connectivity index (χ2v) is 6.97. The number of nitrogens with one attached hydrogen (secondary N) is 2. The molecule has 28 heavy (non-hydrogen) atoms. The van der Waals surface area contributed by atoms with Crippen molar-refractivity contribution < 1.29 is 19.7 Å². The van der Waals surface area contributed by atoms with E-state index in [9.17, 15) is 15.0 Å². The van der Waals surface area contributed by atoms with Crippen molar-refractivity contribution in [1.82, 2.24) is 5.32 Å². The molecule has 1 heterocycles. The zero-order valence-electron chi connectivity index (χ0n) is 15.6. The van der Waals surface area contributed by atoms with Crippen molar-refractivity contribution in [3.05, 3.63) is 59.2 Å². The Hall–Kier alpha value is -2.92. The second-order valence-electron chi connectivity index (χ2n) is 6.97. The molecule has 2 aromatic rings. The zero-order chi connectivity index (χ0) is 20.1. The SMILES string of the molecule is Cc1ccc(C[C@]2([C@@H](O)C(=O)Nc3ccc(C#N)cc3)CNCCO2)cc1O. The van der Waals surface area contributed by atoms with Gasteiger partial charge in [0.2, 0.25) is 0 Å². The van der Waals surface area contributed by atoms with Gasteiger partial charge in [-0.25, -0.2) is 0 Å². The van der Waals surface area contributed by atoms with Gasteiger partial charge in [-0.05, 0) is 48.4 Å². The van der Waals surface area contributed by atoms with Crippen molar-refractivity contribution >= 4 is 11.6 Å². The van der Waals surface area contributed by atoms with Crippen LogP contribution in [0.4, 0.5) is 5.69 Å². The van der Waals surface area contributed by atoms with E-state index in [1.165, 1.54) is 0 Å². The number of nitrogens with zero attached hydrogens (tertiary/aromatic N) is 1. The molecule has 0 bridgehead atoms. The van der Waals surface area contributed by atoms with Crippen LogP contribution in [-0.2, 0) is 16.0 Å². The Morgan fingerprint density at radius 1 is 1.36 bits per heavy atom. The number of aromatic hydroxyl groups is 1. The Bertz CT molecular complexity index is 884. The third kappa shape index (κ3) is 4.31. The summed E-state index contributed by atoms with van der Waals surface area (Å²) in [7, 11) is 0. The van der Waals surface area contributed by atoms with Crippen LogP contribution in [0.1, 0.15) is 16.7 Å². The van der Waals surface area contributed by atoms with E-state index in [-0.39, 0.29) is 12.2 Å². The molecule has 1 aliphatic rings. The monoisotopic (exact) mass is 381 g/mol. The van der Waals surface area contributed by atoms with Crippen LogP contribution in [0.3, 0.4) is 0 Å². The van der Waals surface area contributed by atoms with Crippen molar-refractivity contribution in [3.63, 3.8) is 0 Å². The molecule has 1 aliphatic heterocycles. The third-order valence-electron chi connectivity index (χ3n) is 4.90. The minimum atomic E-state index is -1.43. The highest BCUT2D eigenvalue weighted by molar-refractivity contribution is 5.95. The fourth-order valence-electron chi connectivity index (χ4n) is 3.25. The maximum absolute atomic E-state index is 12.7. The number of aliphatic hydroxyl groups excluding tert-OH is 1. The van der Waals surface area contributed by atoms with Gasteiger partial charge in [0, 0.05) is 25.2 Å². The fraction of sp³-hybridized carbons (Fsp3) is 0.333. The number of hydrogen-bond donors (Lipinski definition) is 4. The third-order valence-corrected chi connectivity index (χ3v) is 4.90. The molecule has 1 amide bonds. The summed E-state index contributed by atoms with van der Waals surface area (Å²) in [6.45, 7) is 3.08. The number of carbonyl (C=O) groups is 1. The smallest absolute Gasteiger partial charge is 0.256 e. The largest absolute Gasteiger partial charge is 0.508 e. The summed E-state index contributed by atoms with van der Waals surface area (Å²) in [6, 6.07) is 13.7. The van der Waals surface area contributed by atoms with Gasteiger partial charge < -0.3 is 25.6 Å². The lowest BCUT2D eigenvalue weighted by molar-refractivity contribution is -0.157. The molecule has 2 atom stereocenters. The molecule has 146 valence electrons. The highest BCUT2D eigenvalue weighted by Crippen LogP contribution is 2.28. The Kier molecular flexibility index (Phi) is 5.95.